The summed E-state index contributed by atoms with van der Waals surface area (Å²) in [5.74, 6) is 1.40. The molecular formula is C61H54IrN4O-2. The van der Waals surface area contributed by atoms with Crippen LogP contribution in [-0.2, 0) is 25.5 Å². The molecule has 0 fully saturated rings. The fourth-order valence-electron chi connectivity index (χ4n) is 9.01. The summed E-state index contributed by atoms with van der Waals surface area (Å²) in [6.07, 6.45) is 1.72. The standard InChI is InChI=1S/C46H37N2O.C15H17N2.Ir/c1-27(2)37-23-33(30-14-7-6-8-15-30)24-38(28(3)4)44(37)48-43-29(5)13-11-20-41(43)47-46(48)36-19-12-18-35-40-26-39-32(25-42(40)49-45(35)36)22-21-31-16-9-10-17-34(31)39;1-11-5-7-12(8-6-11)14-16-10-9-13(17-14)15(2,3)4;/h6-18,20-28H,1-5H3;5-7,9-10H,1-4H3;/q2*-1;/i5D3;1D3;. The fourth-order valence-corrected chi connectivity index (χ4v) is 9.01. The van der Waals surface area contributed by atoms with Crippen LogP contribution < -0.4 is 0 Å². The van der Waals surface area contributed by atoms with E-state index in [1.54, 1.807) is 30.5 Å². The van der Waals surface area contributed by atoms with Crippen LogP contribution in [0.25, 0.3) is 94.1 Å². The Labute approximate surface area is 415 Å². The van der Waals surface area contributed by atoms with Crippen LogP contribution in [0.3, 0.4) is 0 Å². The van der Waals surface area contributed by atoms with Crippen molar-refractivity contribution in [1.82, 2.24) is 19.5 Å². The number of furan rings is 1. The van der Waals surface area contributed by atoms with E-state index in [4.69, 9.17) is 17.6 Å². The van der Waals surface area contributed by atoms with E-state index in [0.717, 1.165) is 55.4 Å². The van der Waals surface area contributed by atoms with Crippen LogP contribution in [-0.4, -0.2) is 19.5 Å². The van der Waals surface area contributed by atoms with Gasteiger partial charge in [0.05, 0.1) is 28.3 Å². The van der Waals surface area contributed by atoms with Gasteiger partial charge in [-0.05, 0) is 104 Å². The molecule has 0 spiro atoms. The van der Waals surface area contributed by atoms with Crippen LogP contribution in [0.4, 0.5) is 0 Å². The molecule has 1 radical (unpaired) electrons. The molecule has 0 bridgehead atoms. The van der Waals surface area contributed by atoms with E-state index >= 15 is 0 Å². The van der Waals surface area contributed by atoms with E-state index in [1.807, 2.05) is 24.3 Å². The van der Waals surface area contributed by atoms with Gasteiger partial charge in [-0.15, -0.1) is 53.6 Å². The van der Waals surface area contributed by atoms with Crippen molar-refractivity contribution in [2.24, 2.45) is 0 Å². The summed E-state index contributed by atoms with van der Waals surface area (Å²) in [6.45, 7) is 10.6. The third-order valence-electron chi connectivity index (χ3n) is 12.4. The maximum Gasteiger partial charge on any atom is 0.121 e. The molecule has 0 saturated carbocycles. The summed E-state index contributed by atoms with van der Waals surface area (Å²) in [6, 6.07) is 54.5. The van der Waals surface area contributed by atoms with E-state index in [0.29, 0.717) is 39.4 Å². The minimum absolute atomic E-state index is 0. The van der Waals surface area contributed by atoms with Crippen molar-refractivity contribution in [2.75, 3.05) is 0 Å². The summed E-state index contributed by atoms with van der Waals surface area (Å²) in [4.78, 5) is 14.0. The Bertz CT molecular complexity index is 3800. The second-order valence-corrected chi connectivity index (χ2v) is 18.7. The Morgan fingerprint density at radius 3 is 2.13 bits per heavy atom. The first-order valence-corrected chi connectivity index (χ1v) is 22.6. The predicted octanol–water partition coefficient (Wildman–Crippen LogP) is 16.5. The van der Waals surface area contributed by atoms with Crippen molar-refractivity contribution >= 4 is 54.5 Å². The Hall–Kier alpha value is -6.72. The Morgan fingerprint density at radius 1 is 0.657 bits per heavy atom. The maximum absolute atomic E-state index is 8.65. The van der Waals surface area contributed by atoms with Gasteiger partial charge in [-0.25, -0.2) is 0 Å². The average Bonchev–Trinajstić information content (AvgIpc) is 3.93. The smallest absolute Gasteiger partial charge is 0.121 e. The van der Waals surface area contributed by atoms with Crippen molar-refractivity contribution in [3.63, 3.8) is 0 Å². The zero-order valence-corrected chi connectivity index (χ0v) is 41.0. The summed E-state index contributed by atoms with van der Waals surface area (Å²) < 4.78 is 56.9. The fraction of sp³-hybridized carbons (Fsp3) is 0.197. The van der Waals surface area contributed by atoms with Crippen molar-refractivity contribution in [3.8, 4) is 39.6 Å². The van der Waals surface area contributed by atoms with Gasteiger partial charge in [0.25, 0.3) is 0 Å². The predicted molar refractivity (Wildman–Crippen MR) is 276 cm³/mol. The number of hydrogen-bond donors (Lipinski definition) is 0. The van der Waals surface area contributed by atoms with Gasteiger partial charge in [-0.3, -0.25) is 15.0 Å². The first-order valence-electron chi connectivity index (χ1n) is 25.6. The largest absolute Gasteiger partial charge is 0.501 e. The van der Waals surface area contributed by atoms with Crippen molar-refractivity contribution < 1.29 is 32.7 Å². The molecule has 335 valence electrons. The monoisotopic (exact) mass is 1060 g/mol. The quantitative estimate of drug-likeness (QED) is 0.123. The summed E-state index contributed by atoms with van der Waals surface area (Å²) >= 11 is 0. The summed E-state index contributed by atoms with van der Waals surface area (Å²) in [5.41, 5.74) is 10.9. The van der Waals surface area contributed by atoms with Gasteiger partial charge >= 0.3 is 0 Å². The molecule has 3 heterocycles. The summed E-state index contributed by atoms with van der Waals surface area (Å²) in [5, 5.41) is 6.62. The molecule has 67 heavy (non-hydrogen) atoms. The molecule has 0 unspecified atom stereocenters. The van der Waals surface area contributed by atoms with Crippen molar-refractivity contribution in [3.05, 3.63) is 192 Å². The molecule has 5 nitrogen and oxygen atoms in total. The Balaban J connectivity index is 0.000000264. The number of fused-ring (bicyclic) bond motifs is 7. The van der Waals surface area contributed by atoms with Gasteiger partial charge in [0.2, 0.25) is 0 Å². The number of imidazole rings is 1. The Morgan fingerprint density at radius 2 is 1.42 bits per heavy atom. The molecule has 0 saturated heterocycles. The number of rotatable bonds is 6. The molecule has 11 rings (SSSR count). The zero-order valence-electron chi connectivity index (χ0n) is 44.6. The number of aryl methyl sites for hydroxylation is 2. The van der Waals surface area contributed by atoms with Gasteiger partial charge in [-0.2, -0.15) is 0 Å². The summed E-state index contributed by atoms with van der Waals surface area (Å²) in [7, 11) is 0. The van der Waals surface area contributed by atoms with Crippen LogP contribution >= 0.6 is 0 Å². The number of hydrogen-bond acceptors (Lipinski definition) is 4. The molecular weight excluding hydrogens is 997 g/mol. The molecule has 8 aromatic carbocycles. The zero-order chi connectivity index (χ0) is 50.9. The molecule has 0 aliphatic heterocycles. The van der Waals surface area contributed by atoms with Crippen LogP contribution in [0.15, 0.2) is 156 Å². The Kier molecular flexibility index (Phi) is 10.4. The SMILES string of the molecule is [2H]C([2H])([2H])c1c[c-]c(-c2nccc(C(C)(C)C)n2)cc1.[2H]C([2H])([2H])c1cccc2nc(-c3[c-]ccc4c3oc3cc5ccc6ccccc6c5cc34)n(-c3c(C(C)C)cc(-c4ccccc4)cc3C(C)C)c12.[Ir]. The van der Waals surface area contributed by atoms with Crippen LogP contribution in [0.1, 0.15) is 96.5 Å². The average molecular weight is 1060 g/mol. The molecule has 0 aliphatic carbocycles. The van der Waals surface area contributed by atoms with Gasteiger partial charge < -0.3 is 8.98 Å². The van der Waals surface area contributed by atoms with E-state index in [1.165, 1.54) is 22.2 Å². The number of benzene rings is 8. The third kappa shape index (κ3) is 8.50. The number of nitrogens with zero attached hydrogens (tertiary/aromatic N) is 4. The third-order valence-corrected chi connectivity index (χ3v) is 12.4. The molecule has 3 aromatic heterocycles. The number of para-hydroxylation sites is 1. The molecule has 11 aromatic rings. The van der Waals surface area contributed by atoms with Gasteiger partial charge in [0.1, 0.15) is 5.58 Å². The van der Waals surface area contributed by atoms with Crippen molar-refractivity contribution in [1.29, 1.82) is 0 Å². The topological polar surface area (TPSA) is 56.7 Å². The second kappa shape index (κ2) is 18.2. The minimum Gasteiger partial charge on any atom is -0.501 e. The van der Waals surface area contributed by atoms with Gasteiger partial charge in [-0.1, -0.05) is 145 Å². The van der Waals surface area contributed by atoms with E-state index in [-0.39, 0.29) is 48.5 Å². The normalized spacial score (nSPS) is 13.5. The van der Waals surface area contributed by atoms with Crippen molar-refractivity contribution in [2.45, 2.75) is 79.4 Å². The first kappa shape index (κ1) is 38.4. The molecule has 0 N–H and O–H groups in total. The maximum atomic E-state index is 8.65. The molecule has 0 aliphatic rings. The van der Waals surface area contributed by atoms with E-state index in [2.05, 4.69) is 166 Å². The van der Waals surface area contributed by atoms with E-state index < -0.39 is 13.7 Å². The van der Waals surface area contributed by atoms with Gasteiger partial charge in [0, 0.05) is 56.7 Å². The minimum atomic E-state index is -2.37. The van der Waals surface area contributed by atoms with Gasteiger partial charge in [0.15, 0.2) is 0 Å². The van der Waals surface area contributed by atoms with Crippen LogP contribution in [0.2, 0.25) is 0 Å². The molecule has 6 heteroatoms. The van der Waals surface area contributed by atoms with Crippen LogP contribution in [0.5, 0.6) is 0 Å². The van der Waals surface area contributed by atoms with Crippen LogP contribution in [0, 0.1) is 25.8 Å². The van der Waals surface area contributed by atoms with E-state index in [9.17, 15) is 0 Å². The number of aromatic nitrogens is 4. The molecule has 0 amide bonds. The first-order chi connectivity index (χ1) is 34.3. The molecule has 0 atom stereocenters. The second-order valence-electron chi connectivity index (χ2n) is 18.7.